The van der Waals surface area contributed by atoms with E-state index in [1.54, 1.807) is 36.3 Å². The van der Waals surface area contributed by atoms with Gasteiger partial charge < -0.3 is 15.6 Å². The molecule has 2 heterocycles. The third-order valence-electron chi connectivity index (χ3n) is 3.19. The van der Waals surface area contributed by atoms with Crippen molar-refractivity contribution in [3.63, 3.8) is 0 Å². The number of nitrogens with zero attached hydrogens (tertiary/aromatic N) is 3. The van der Waals surface area contributed by atoms with Crippen molar-refractivity contribution in [2.45, 2.75) is 5.16 Å². The Labute approximate surface area is 163 Å². The lowest BCUT2D eigenvalue weighted by molar-refractivity contribution is 0.102. The van der Waals surface area contributed by atoms with Gasteiger partial charge in [-0.05, 0) is 52.5 Å². The van der Waals surface area contributed by atoms with Crippen molar-refractivity contribution in [1.82, 2.24) is 14.5 Å². The van der Waals surface area contributed by atoms with Crippen LogP contribution in [-0.2, 0) is 7.05 Å². The summed E-state index contributed by atoms with van der Waals surface area (Å²) in [6, 6.07) is 7.00. The highest BCUT2D eigenvalue weighted by Gasteiger charge is 2.11. The van der Waals surface area contributed by atoms with E-state index in [2.05, 4.69) is 31.2 Å². The molecule has 3 rings (SSSR count). The number of rotatable bonds is 3. The van der Waals surface area contributed by atoms with Crippen LogP contribution >= 0.6 is 27.7 Å². The van der Waals surface area contributed by atoms with Crippen LogP contribution in [0.3, 0.4) is 0 Å². The van der Waals surface area contributed by atoms with Crippen LogP contribution in [0.5, 0.6) is 0 Å². The van der Waals surface area contributed by atoms with E-state index in [1.165, 1.54) is 12.1 Å². The Morgan fingerprint density at radius 2 is 2.08 bits per heavy atom. The average Bonchev–Trinajstić information content (AvgIpc) is 3.02. The first-order chi connectivity index (χ1) is 12.4. The van der Waals surface area contributed by atoms with Crippen molar-refractivity contribution in [3.8, 4) is 0 Å². The van der Waals surface area contributed by atoms with Crippen LogP contribution in [-0.4, -0.2) is 26.7 Å². The minimum atomic E-state index is -0.481. The number of nitrogens with two attached hydrogens (primary N) is 1. The number of anilines is 2. The van der Waals surface area contributed by atoms with Gasteiger partial charge in [-0.25, -0.2) is 14.4 Å². The molecule has 136 valence electrons. The molecule has 3 N–H and O–H groups in total. The molecule has 0 saturated heterocycles. The summed E-state index contributed by atoms with van der Waals surface area (Å²) in [7, 11) is 1.98. The number of pyridine rings is 1. The smallest absolute Gasteiger partial charge is 0.258 e. The summed E-state index contributed by atoms with van der Waals surface area (Å²) in [5, 5.41) is 3.63. The highest BCUT2D eigenvalue weighted by atomic mass is 79.9. The molecule has 26 heavy (non-hydrogen) atoms. The summed E-state index contributed by atoms with van der Waals surface area (Å²) < 4.78 is 15.7. The Bertz CT molecular complexity index is 885. The molecular weight excluding hydrogens is 421 g/mol. The molecule has 0 aliphatic rings. The second-order valence-corrected chi connectivity index (χ2v) is 6.76. The van der Waals surface area contributed by atoms with E-state index >= 15 is 0 Å². The van der Waals surface area contributed by atoms with Crippen molar-refractivity contribution in [1.29, 1.82) is 0 Å². The minimum absolute atomic E-state index is 0.0876. The fourth-order valence-corrected chi connectivity index (χ4v) is 2.67. The van der Waals surface area contributed by atoms with E-state index in [0.29, 0.717) is 5.82 Å². The number of carbonyl (C=O) groups is 1. The van der Waals surface area contributed by atoms with E-state index in [-0.39, 0.29) is 11.3 Å². The maximum Gasteiger partial charge on any atom is 0.258 e. The van der Waals surface area contributed by atoms with Crippen LogP contribution in [0.2, 0.25) is 0 Å². The molecule has 0 aliphatic carbocycles. The number of carbonyl (C=O) groups excluding carboxylic acids is 1. The monoisotopic (exact) mass is 437 g/mol. The largest absolute Gasteiger partial charge is 0.398 e. The number of halogens is 2. The van der Waals surface area contributed by atoms with E-state index < -0.39 is 11.7 Å². The molecule has 9 heteroatoms. The Kier molecular flexibility index (Phi) is 7.16. The molecule has 6 nitrogen and oxygen atoms in total. The van der Waals surface area contributed by atoms with Gasteiger partial charge in [-0.15, -0.1) is 0 Å². The number of nitrogens with one attached hydrogen (secondary N) is 1. The molecule has 0 aliphatic heterocycles. The summed E-state index contributed by atoms with van der Waals surface area (Å²) in [6.45, 7) is 0. The molecule has 0 bridgehead atoms. The number of aryl methyl sites for hydroxylation is 1. The fraction of sp³-hybridized carbons (Fsp3) is 0.118. The Morgan fingerprint density at radius 3 is 2.58 bits per heavy atom. The molecule has 2 aromatic heterocycles. The molecule has 1 aromatic carbocycles. The van der Waals surface area contributed by atoms with Gasteiger partial charge in [-0.2, -0.15) is 0 Å². The molecule has 0 unspecified atom stereocenters. The summed E-state index contributed by atoms with van der Waals surface area (Å²) in [5.74, 6) is -0.514. The van der Waals surface area contributed by atoms with Gasteiger partial charge in [0, 0.05) is 35.8 Å². The molecule has 0 saturated carbocycles. The van der Waals surface area contributed by atoms with Crippen molar-refractivity contribution in [3.05, 3.63) is 64.8 Å². The van der Waals surface area contributed by atoms with E-state index in [9.17, 15) is 9.18 Å². The predicted molar refractivity (Wildman–Crippen MR) is 106 cm³/mol. The van der Waals surface area contributed by atoms with E-state index in [0.717, 1.165) is 15.7 Å². The summed E-state index contributed by atoms with van der Waals surface area (Å²) in [4.78, 5) is 19.9. The van der Waals surface area contributed by atoms with E-state index in [1.807, 2.05) is 24.1 Å². The average molecular weight is 438 g/mol. The zero-order valence-corrected chi connectivity index (χ0v) is 16.5. The van der Waals surface area contributed by atoms with Crippen LogP contribution in [0.25, 0.3) is 0 Å². The third kappa shape index (κ3) is 5.57. The molecular formula is C17H17BrFN5OS. The number of aromatic nitrogens is 3. The van der Waals surface area contributed by atoms with Crippen LogP contribution in [0.1, 0.15) is 10.4 Å². The molecule has 0 atom stereocenters. The number of hydrogen-bond donors (Lipinski definition) is 2. The predicted octanol–water partition coefficient (Wildman–Crippen LogP) is 3.96. The maximum atomic E-state index is 12.9. The zero-order valence-electron chi connectivity index (χ0n) is 14.1. The van der Waals surface area contributed by atoms with Crippen LogP contribution in [0.4, 0.5) is 15.9 Å². The van der Waals surface area contributed by atoms with Gasteiger partial charge in [0.15, 0.2) is 5.16 Å². The standard InChI is InChI=1S/C12H9BrFN3O.C5H8N2S/c13-7-1-4-11(16-6-7)17-12(18)9-3-2-8(14)5-10(9)15;1-7-4-3-6-5(7)8-2/h1-6H,15H2,(H,16,17,18);3-4H,1-2H3. The summed E-state index contributed by atoms with van der Waals surface area (Å²) in [6.07, 6.45) is 7.31. The van der Waals surface area contributed by atoms with Crippen molar-refractivity contribution < 1.29 is 9.18 Å². The first-order valence-electron chi connectivity index (χ1n) is 7.40. The first kappa shape index (κ1) is 19.9. The number of benzene rings is 1. The van der Waals surface area contributed by atoms with Crippen LogP contribution < -0.4 is 11.1 Å². The molecule has 0 spiro atoms. The lowest BCUT2D eigenvalue weighted by Crippen LogP contribution is -2.14. The summed E-state index contributed by atoms with van der Waals surface area (Å²) >= 11 is 4.89. The number of imidazole rings is 1. The Morgan fingerprint density at radius 1 is 1.31 bits per heavy atom. The maximum absolute atomic E-state index is 12.9. The van der Waals surface area contributed by atoms with Gasteiger partial charge >= 0.3 is 0 Å². The van der Waals surface area contributed by atoms with Gasteiger partial charge in [0.05, 0.1) is 5.56 Å². The van der Waals surface area contributed by atoms with E-state index in [4.69, 9.17) is 5.73 Å². The number of hydrogen-bond acceptors (Lipinski definition) is 5. The first-order valence-corrected chi connectivity index (χ1v) is 9.41. The lowest BCUT2D eigenvalue weighted by Gasteiger charge is -2.06. The van der Waals surface area contributed by atoms with Gasteiger partial charge in [0.2, 0.25) is 0 Å². The summed E-state index contributed by atoms with van der Waals surface area (Å²) in [5.41, 5.74) is 5.87. The van der Waals surface area contributed by atoms with Crippen LogP contribution in [0, 0.1) is 5.82 Å². The zero-order chi connectivity index (χ0) is 19.1. The lowest BCUT2D eigenvalue weighted by atomic mass is 10.1. The molecule has 0 radical (unpaired) electrons. The van der Waals surface area contributed by atoms with Crippen molar-refractivity contribution in [2.75, 3.05) is 17.3 Å². The van der Waals surface area contributed by atoms with Gasteiger partial charge in [0.1, 0.15) is 11.6 Å². The Balaban J connectivity index is 0.000000254. The topological polar surface area (TPSA) is 85.8 Å². The van der Waals surface area contributed by atoms with Gasteiger partial charge in [-0.1, -0.05) is 11.8 Å². The highest BCUT2D eigenvalue weighted by Crippen LogP contribution is 2.16. The molecule has 0 fully saturated rings. The van der Waals surface area contributed by atoms with Crippen LogP contribution in [0.15, 0.2) is 58.6 Å². The third-order valence-corrected chi connectivity index (χ3v) is 4.41. The quantitative estimate of drug-likeness (QED) is 0.478. The number of nitrogen functional groups attached to an aromatic ring is 1. The molecule has 3 aromatic rings. The molecule has 1 amide bonds. The van der Waals surface area contributed by atoms with Crippen molar-refractivity contribution >= 4 is 45.1 Å². The Hall–Kier alpha value is -2.39. The highest BCUT2D eigenvalue weighted by molar-refractivity contribution is 9.10. The fourth-order valence-electron chi connectivity index (χ4n) is 1.92. The van der Waals surface area contributed by atoms with Gasteiger partial charge in [-0.3, -0.25) is 4.79 Å². The normalized spacial score (nSPS) is 10.0. The minimum Gasteiger partial charge on any atom is -0.398 e. The number of thioether (sulfide) groups is 1. The van der Waals surface area contributed by atoms with Crippen molar-refractivity contribution in [2.24, 2.45) is 7.05 Å². The van der Waals surface area contributed by atoms with Gasteiger partial charge in [0.25, 0.3) is 5.91 Å². The second kappa shape index (κ2) is 9.35. The SMILES string of the molecule is CSc1nccn1C.Nc1cc(F)ccc1C(=O)Nc1ccc(Br)cn1. The number of amides is 1. The second-order valence-electron chi connectivity index (χ2n) is 5.07.